The Labute approximate surface area is 192 Å². The lowest BCUT2D eigenvalue weighted by Gasteiger charge is -2.01. The first-order valence-electron chi connectivity index (χ1n) is 10.2. The van der Waals surface area contributed by atoms with Gasteiger partial charge in [-0.2, -0.15) is 0 Å². The number of benzene rings is 3. The maximum absolute atomic E-state index is 13.0. The maximum Gasteiger partial charge on any atom is 0.336 e. The Balaban J connectivity index is 1.36. The highest BCUT2D eigenvalue weighted by Crippen LogP contribution is 2.17. The van der Waals surface area contributed by atoms with Crippen LogP contribution in [-0.4, -0.2) is 20.6 Å². The molecule has 5 aromatic rings. The molecule has 0 aliphatic heterocycles. The summed E-state index contributed by atoms with van der Waals surface area (Å²) in [6.45, 7) is 0. The van der Waals surface area contributed by atoms with Crippen LogP contribution in [0.4, 0.5) is 0 Å². The van der Waals surface area contributed by atoms with Gasteiger partial charge in [0.1, 0.15) is 5.75 Å². The Bertz CT molecular complexity index is 1550. The van der Waals surface area contributed by atoms with Crippen LogP contribution in [0, 0.1) is 0 Å². The highest BCUT2D eigenvalue weighted by Gasteiger charge is 2.13. The maximum atomic E-state index is 13.0. The molecular weight excluding hydrogens is 434 g/mol. The van der Waals surface area contributed by atoms with Gasteiger partial charge in [-0.1, -0.05) is 84.1 Å². The van der Waals surface area contributed by atoms with E-state index in [4.69, 9.17) is 4.74 Å². The molecule has 33 heavy (non-hydrogen) atoms. The minimum atomic E-state index is -0.460. The fraction of sp³-hybridized carbons (Fsp3) is 0. The number of hydrogen-bond donors (Lipinski definition) is 0. The van der Waals surface area contributed by atoms with Gasteiger partial charge in [-0.05, 0) is 35.4 Å². The quantitative estimate of drug-likeness (QED) is 0.230. The van der Waals surface area contributed by atoms with Crippen LogP contribution < -0.4 is 14.8 Å². The topological polar surface area (TPSA) is 73.6 Å². The van der Waals surface area contributed by atoms with Crippen molar-refractivity contribution in [2.75, 3.05) is 0 Å². The molecule has 0 aliphatic rings. The van der Waals surface area contributed by atoms with E-state index in [-0.39, 0.29) is 5.56 Å². The lowest BCUT2D eigenvalue weighted by atomic mass is 10.2. The second-order valence-electron chi connectivity index (χ2n) is 7.16. The van der Waals surface area contributed by atoms with Gasteiger partial charge >= 0.3 is 5.97 Å². The van der Waals surface area contributed by atoms with Gasteiger partial charge in [-0.3, -0.25) is 4.79 Å². The predicted octanol–water partition coefficient (Wildman–Crippen LogP) is 3.98. The van der Waals surface area contributed by atoms with Crippen LogP contribution in [0.3, 0.4) is 0 Å². The molecule has 0 N–H and O–H groups in total. The van der Waals surface area contributed by atoms with Crippen molar-refractivity contribution >= 4 is 34.4 Å². The summed E-state index contributed by atoms with van der Waals surface area (Å²) in [5.74, 6) is 0.490. The summed E-state index contributed by atoms with van der Waals surface area (Å²) >= 11 is 1.28. The zero-order valence-corrected chi connectivity index (χ0v) is 18.1. The summed E-state index contributed by atoms with van der Waals surface area (Å²) in [5, 5.41) is 8.32. The summed E-state index contributed by atoms with van der Waals surface area (Å²) in [4.78, 5) is 25.6. The number of rotatable bonds is 5. The summed E-state index contributed by atoms with van der Waals surface area (Å²) < 4.78 is 7.42. The number of hydrogen-bond acceptors (Lipinski definition) is 6. The Morgan fingerprint density at radius 1 is 0.848 bits per heavy atom. The van der Waals surface area contributed by atoms with Gasteiger partial charge in [0.25, 0.3) is 5.56 Å². The molecule has 0 radical (unpaired) electrons. The minimum Gasteiger partial charge on any atom is -0.423 e. The second kappa shape index (κ2) is 9.02. The first-order chi connectivity index (χ1) is 16.2. The SMILES string of the molecule is O=C(/C=C/c1ccccc1)Oc1ccc(/C=c2\sc3nnc(-c4ccccc4)n3c2=O)cc1. The zero-order valence-electron chi connectivity index (χ0n) is 17.3. The molecule has 0 saturated heterocycles. The minimum absolute atomic E-state index is 0.166. The van der Waals surface area contributed by atoms with Crippen molar-refractivity contribution in [1.29, 1.82) is 0 Å². The van der Waals surface area contributed by atoms with Crippen LogP contribution in [0.2, 0.25) is 0 Å². The van der Waals surface area contributed by atoms with E-state index in [1.165, 1.54) is 21.8 Å². The number of ether oxygens (including phenoxy) is 1. The molecule has 2 heterocycles. The van der Waals surface area contributed by atoms with E-state index in [1.54, 1.807) is 36.4 Å². The van der Waals surface area contributed by atoms with Gasteiger partial charge in [-0.15, -0.1) is 10.2 Å². The standard InChI is InChI=1S/C26H17N3O3S/c30-23(16-13-18-7-3-1-4-8-18)32-21-14-11-19(12-15-21)17-22-25(31)29-24(27-28-26(29)33-22)20-9-5-2-6-10-20/h1-17H/b16-13+,22-17-. The van der Waals surface area contributed by atoms with Crippen molar-refractivity contribution in [3.63, 3.8) is 0 Å². The molecule has 0 aliphatic carbocycles. The second-order valence-corrected chi connectivity index (χ2v) is 8.17. The average molecular weight is 452 g/mol. The molecule has 3 aromatic carbocycles. The highest BCUT2D eigenvalue weighted by atomic mass is 32.1. The normalized spacial score (nSPS) is 11.9. The third-order valence-corrected chi connectivity index (χ3v) is 5.85. The lowest BCUT2D eigenvalue weighted by molar-refractivity contribution is -0.128. The van der Waals surface area contributed by atoms with Crippen LogP contribution in [0.25, 0.3) is 28.5 Å². The highest BCUT2D eigenvalue weighted by molar-refractivity contribution is 7.15. The molecule has 0 atom stereocenters. The Morgan fingerprint density at radius 3 is 2.27 bits per heavy atom. The van der Waals surface area contributed by atoms with Crippen LogP contribution in [0.15, 0.2) is 95.8 Å². The summed E-state index contributed by atoms with van der Waals surface area (Å²) in [5.41, 5.74) is 2.39. The molecule has 7 heteroatoms. The number of thiazole rings is 1. The molecule has 0 spiro atoms. The van der Waals surface area contributed by atoms with Crippen molar-refractivity contribution in [1.82, 2.24) is 14.6 Å². The van der Waals surface area contributed by atoms with E-state index in [0.29, 0.717) is 21.1 Å². The van der Waals surface area contributed by atoms with Crippen LogP contribution in [-0.2, 0) is 4.79 Å². The summed E-state index contributed by atoms with van der Waals surface area (Å²) in [6, 6.07) is 26.0. The van der Waals surface area contributed by atoms with Crippen molar-refractivity contribution in [2.45, 2.75) is 0 Å². The fourth-order valence-electron chi connectivity index (χ4n) is 3.30. The molecular formula is C26H17N3O3S. The molecule has 2 aromatic heterocycles. The number of esters is 1. The number of fused-ring (bicyclic) bond motifs is 1. The number of carbonyl (C=O) groups excluding carboxylic acids is 1. The van der Waals surface area contributed by atoms with Gasteiger partial charge in [0.05, 0.1) is 4.53 Å². The van der Waals surface area contributed by atoms with Gasteiger partial charge < -0.3 is 4.74 Å². The Hall–Kier alpha value is -4.36. The summed E-state index contributed by atoms with van der Waals surface area (Å²) in [6.07, 6.45) is 4.88. The average Bonchev–Trinajstić information content (AvgIpc) is 3.40. The Kier molecular flexibility index (Phi) is 5.61. The van der Waals surface area contributed by atoms with E-state index in [2.05, 4.69) is 10.2 Å². The van der Waals surface area contributed by atoms with Gasteiger partial charge in [0.2, 0.25) is 4.96 Å². The van der Waals surface area contributed by atoms with E-state index in [0.717, 1.165) is 16.7 Å². The van der Waals surface area contributed by atoms with Gasteiger partial charge in [-0.25, -0.2) is 9.20 Å². The van der Waals surface area contributed by atoms with Crippen LogP contribution >= 0.6 is 11.3 Å². The van der Waals surface area contributed by atoms with E-state index >= 15 is 0 Å². The molecule has 5 rings (SSSR count). The van der Waals surface area contributed by atoms with Gasteiger partial charge in [0.15, 0.2) is 5.82 Å². The number of nitrogens with zero attached hydrogens (tertiary/aromatic N) is 3. The predicted molar refractivity (Wildman–Crippen MR) is 129 cm³/mol. The van der Waals surface area contributed by atoms with Crippen molar-refractivity contribution in [3.8, 4) is 17.1 Å². The van der Waals surface area contributed by atoms with E-state index < -0.39 is 5.97 Å². The van der Waals surface area contributed by atoms with E-state index in [9.17, 15) is 9.59 Å². The molecule has 0 unspecified atom stereocenters. The van der Waals surface area contributed by atoms with Crippen molar-refractivity contribution < 1.29 is 9.53 Å². The van der Waals surface area contributed by atoms with Gasteiger partial charge in [0, 0.05) is 11.6 Å². The first-order valence-corrected chi connectivity index (χ1v) is 11.0. The Morgan fingerprint density at radius 2 is 1.55 bits per heavy atom. The first kappa shape index (κ1) is 20.5. The van der Waals surface area contributed by atoms with Crippen LogP contribution in [0.5, 0.6) is 5.75 Å². The molecule has 0 saturated carbocycles. The third kappa shape index (κ3) is 4.49. The molecule has 0 fully saturated rings. The van der Waals surface area contributed by atoms with Crippen molar-refractivity contribution in [2.24, 2.45) is 0 Å². The monoisotopic (exact) mass is 451 g/mol. The molecule has 160 valence electrons. The lowest BCUT2D eigenvalue weighted by Crippen LogP contribution is -2.23. The third-order valence-electron chi connectivity index (χ3n) is 4.89. The summed E-state index contributed by atoms with van der Waals surface area (Å²) in [7, 11) is 0. The van der Waals surface area contributed by atoms with Crippen LogP contribution in [0.1, 0.15) is 11.1 Å². The smallest absolute Gasteiger partial charge is 0.336 e. The van der Waals surface area contributed by atoms with Crippen molar-refractivity contribution in [3.05, 3.63) is 117 Å². The molecule has 0 amide bonds. The fourth-order valence-corrected chi connectivity index (χ4v) is 4.21. The van der Waals surface area contributed by atoms with E-state index in [1.807, 2.05) is 60.7 Å². The number of carbonyl (C=O) groups is 1. The molecule has 0 bridgehead atoms. The zero-order chi connectivity index (χ0) is 22.6. The molecule has 6 nitrogen and oxygen atoms in total. The largest absolute Gasteiger partial charge is 0.423 e. The number of aromatic nitrogens is 3.